The van der Waals surface area contributed by atoms with Crippen LogP contribution >= 0.6 is 0 Å². The van der Waals surface area contributed by atoms with E-state index in [0.717, 1.165) is 36.9 Å². The van der Waals surface area contributed by atoms with Gasteiger partial charge in [0, 0.05) is 31.7 Å². The zero-order valence-corrected chi connectivity index (χ0v) is 14.6. The quantitative estimate of drug-likeness (QED) is 0.529. The van der Waals surface area contributed by atoms with Crippen LogP contribution in [0.1, 0.15) is 23.9 Å². The molecule has 0 aliphatic heterocycles. The predicted molar refractivity (Wildman–Crippen MR) is 98.5 cm³/mol. The van der Waals surface area contributed by atoms with E-state index in [-0.39, 0.29) is 0 Å². The van der Waals surface area contributed by atoms with E-state index in [1.807, 2.05) is 41.2 Å². The molecule has 3 rings (SSSR count). The molecule has 0 saturated heterocycles. The first-order valence-electron chi connectivity index (χ1n) is 8.48. The number of nitrogens with zero attached hydrogens (tertiary/aromatic N) is 5. The normalized spacial score (nSPS) is 11.7. The van der Waals surface area contributed by atoms with E-state index >= 15 is 0 Å². The van der Waals surface area contributed by atoms with Crippen molar-refractivity contribution in [3.63, 3.8) is 0 Å². The van der Waals surface area contributed by atoms with Gasteiger partial charge in [0.25, 0.3) is 0 Å². The van der Waals surface area contributed by atoms with Crippen LogP contribution in [-0.4, -0.2) is 38.6 Å². The maximum absolute atomic E-state index is 4.62. The Bertz CT molecular complexity index is 853. The molecule has 7 heteroatoms. The first-order valence-corrected chi connectivity index (χ1v) is 8.48. The number of aliphatic imine (C=N–C) groups is 1. The maximum Gasteiger partial charge on any atom is 0.191 e. The molecule has 2 N–H and O–H groups in total. The molecule has 0 bridgehead atoms. The molecule has 0 unspecified atom stereocenters. The topological polar surface area (TPSA) is 79.5 Å². The van der Waals surface area contributed by atoms with Crippen LogP contribution in [0.25, 0.3) is 5.65 Å². The van der Waals surface area contributed by atoms with E-state index in [4.69, 9.17) is 0 Å². The second kappa shape index (κ2) is 8.23. The van der Waals surface area contributed by atoms with Crippen LogP contribution < -0.4 is 10.6 Å². The van der Waals surface area contributed by atoms with E-state index in [1.54, 1.807) is 0 Å². The number of rotatable bonds is 6. The zero-order chi connectivity index (χ0) is 17.5. The lowest BCUT2D eigenvalue weighted by Crippen LogP contribution is -2.38. The molecule has 3 aromatic rings. The standard InChI is InChI=1S/C18H23N7/c1-3-20-18(21-10-8-15-7-9-19-12-14(15)2)22-13-17-24-23-16-6-4-5-11-25(16)17/h4-7,9,11-12H,3,8,10,13H2,1-2H3,(H2,20,21,22). The minimum absolute atomic E-state index is 0.467. The number of aryl methyl sites for hydroxylation is 1. The average Bonchev–Trinajstić information content (AvgIpc) is 3.04. The summed E-state index contributed by atoms with van der Waals surface area (Å²) >= 11 is 0. The summed E-state index contributed by atoms with van der Waals surface area (Å²) < 4.78 is 1.95. The SMILES string of the molecule is CCNC(=NCc1nnc2ccccn12)NCCc1ccncc1C. The first-order chi connectivity index (χ1) is 12.3. The van der Waals surface area contributed by atoms with Crippen LogP contribution in [0.5, 0.6) is 0 Å². The molecule has 0 atom stereocenters. The number of hydrogen-bond acceptors (Lipinski definition) is 4. The molecule has 0 aromatic carbocycles. The molecule has 0 amide bonds. The number of aromatic nitrogens is 4. The Hall–Kier alpha value is -2.96. The highest BCUT2D eigenvalue weighted by atomic mass is 15.3. The summed E-state index contributed by atoms with van der Waals surface area (Å²) in [5.74, 6) is 1.60. The Kier molecular flexibility index (Phi) is 5.56. The molecule has 7 nitrogen and oxygen atoms in total. The van der Waals surface area contributed by atoms with E-state index in [2.05, 4.69) is 50.7 Å². The molecule has 130 valence electrons. The van der Waals surface area contributed by atoms with Gasteiger partial charge < -0.3 is 10.6 Å². The monoisotopic (exact) mass is 337 g/mol. The second-order valence-corrected chi connectivity index (χ2v) is 5.72. The first kappa shape index (κ1) is 16.9. The summed E-state index contributed by atoms with van der Waals surface area (Å²) in [6, 6.07) is 7.90. The van der Waals surface area contributed by atoms with Gasteiger partial charge in [-0.1, -0.05) is 6.07 Å². The van der Waals surface area contributed by atoms with Crippen LogP contribution in [0.15, 0.2) is 47.8 Å². The highest BCUT2D eigenvalue weighted by Crippen LogP contribution is 2.05. The molecule has 0 aliphatic carbocycles. The summed E-state index contributed by atoms with van der Waals surface area (Å²) in [6.45, 7) is 6.21. The third-order valence-corrected chi connectivity index (χ3v) is 3.93. The van der Waals surface area contributed by atoms with Crippen molar-refractivity contribution < 1.29 is 0 Å². The van der Waals surface area contributed by atoms with Crippen molar-refractivity contribution in [3.8, 4) is 0 Å². The molecule has 0 radical (unpaired) electrons. The lowest BCUT2D eigenvalue weighted by atomic mass is 10.1. The third kappa shape index (κ3) is 4.32. The van der Waals surface area contributed by atoms with Gasteiger partial charge in [-0.25, -0.2) is 4.99 Å². The highest BCUT2D eigenvalue weighted by molar-refractivity contribution is 5.79. The Balaban J connectivity index is 1.62. The van der Waals surface area contributed by atoms with Crippen LogP contribution in [0, 0.1) is 6.92 Å². The van der Waals surface area contributed by atoms with Crippen molar-refractivity contribution in [3.05, 3.63) is 59.8 Å². The van der Waals surface area contributed by atoms with Crippen molar-refractivity contribution >= 4 is 11.6 Å². The third-order valence-electron chi connectivity index (χ3n) is 3.93. The summed E-state index contributed by atoms with van der Waals surface area (Å²) in [5.41, 5.74) is 3.33. The smallest absolute Gasteiger partial charge is 0.191 e. The highest BCUT2D eigenvalue weighted by Gasteiger charge is 2.05. The van der Waals surface area contributed by atoms with Gasteiger partial charge in [0.05, 0.1) is 0 Å². The molecule has 0 aliphatic rings. The number of pyridine rings is 2. The number of fused-ring (bicyclic) bond motifs is 1. The Morgan fingerprint density at radius 2 is 2.12 bits per heavy atom. The molecule has 3 aromatic heterocycles. The fourth-order valence-corrected chi connectivity index (χ4v) is 2.59. The van der Waals surface area contributed by atoms with E-state index in [1.165, 1.54) is 11.1 Å². The van der Waals surface area contributed by atoms with Crippen LogP contribution in [0.3, 0.4) is 0 Å². The van der Waals surface area contributed by atoms with Gasteiger partial charge in [0.2, 0.25) is 0 Å². The average molecular weight is 337 g/mol. The molecule has 0 fully saturated rings. The summed E-state index contributed by atoms with van der Waals surface area (Å²) in [5, 5.41) is 15.0. The van der Waals surface area contributed by atoms with E-state index < -0.39 is 0 Å². The van der Waals surface area contributed by atoms with Crippen molar-refractivity contribution in [1.82, 2.24) is 30.2 Å². The fraction of sp³-hybridized carbons (Fsp3) is 0.333. The van der Waals surface area contributed by atoms with Crippen molar-refractivity contribution in [2.75, 3.05) is 13.1 Å². The second-order valence-electron chi connectivity index (χ2n) is 5.72. The number of nitrogens with one attached hydrogen (secondary N) is 2. The van der Waals surface area contributed by atoms with Gasteiger partial charge >= 0.3 is 0 Å². The zero-order valence-electron chi connectivity index (χ0n) is 14.6. The largest absolute Gasteiger partial charge is 0.357 e. The van der Waals surface area contributed by atoms with Crippen molar-refractivity contribution in [2.45, 2.75) is 26.8 Å². The maximum atomic E-state index is 4.62. The minimum Gasteiger partial charge on any atom is -0.357 e. The molecule has 25 heavy (non-hydrogen) atoms. The van der Waals surface area contributed by atoms with Crippen LogP contribution in [-0.2, 0) is 13.0 Å². The predicted octanol–water partition coefficient (Wildman–Crippen LogP) is 1.73. The summed E-state index contributed by atoms with van der Waals surface area (Å²) in [6.07, 6.45) is 6.60. The van der Waals surface area contributed by atoms with E-state index in [0.29, 0.717) is 6.54 Å². The van der Waals surface area contributed by atoms with Crippen LogP contribution in [0.2, 0.25) is 0 Å². The summed E-state index contributed by atoms with van der Waals surface area (Å²) in [7, 11) is 0. The molecule has 0 saturated carbocycles. The minimum atomic E-state index is 0.467. The Morgan fingerprint density at radius 1 is 1.20 bits per heavy atom. The Morgan fingerprint density at radius 3 is 2.96 bits per heavy atom. The lowest BCUT2D eigenvalue weighted by Gasteiger charge is -2.11. The van der Waals surface area contributed by atoms with Gasteiger partial charge in [-0.2, -0.15) is 0 Å². The molecular weight excluding hydrogens is 314 g/mol. The van der Waals surface area contributed by atoms with Crippen molar-refractivity contribution in [1.29, 1.82) is 0 Å². The molecular formula is C18H23N7. The van der Waals surface area contributed by atoms with Gasteiger partial charge in [-0.15, -0.1) is 10.2 Å². The van der Waals surface area contributed by atoms with E-state index in [9.17, 15) is 0 Å². The van der Waals surface area contributed by atoms with Gasteiger partial charge in [0.15, 0.2) is 17.4 Å². The number of hydrogen-bond donors (Lipinski definition) is 2. The molecule has 0 spiro atoms. The fourth-order valence-electron chi connectivity index (χ4n) is 2.59. The van der Waals surface area contributed by atoms with Gasteiger partial charge in [-0.3, -0.25) is 9.38 Å². The Labute approximate surface area is 147 Å². The van der Waals surface area contributed by atoms with Crippen molar-refractivity contribution in [2.24, 2.45) is 4.99 Å². The van der Waals surface area contributed by atoms with Gasteiger partial charge in [0.1, 0.15) is 6.54 Å². The number of guanidine groups is 1. The summed E-state index contributed by atoms with van der Waals surface area (Å²) in [4.78, 5) is 8.75. The molecule has 3 heterocycles. The van der Waals surface area contributed by atoms with Gasteiger partial charge in [-0.05, 0) is 49.6 Å². The lowest BCUT2D eigenvalue weighted by molar-refractivity contribution is 0.785. The van der Waals surface area contributed by atoms with Crippen LogP contribution in [0.4, 0.5) is 0 Å².